The standard InChI is InChI=1S/C9H13N3O/c1-11-5-6-12(2)9(11)8(13)10-7-3-4-7/h5-7H,3-4H2,1-2H3/p+1. The van der Waals surface area contributed by atoms with Gasteiger partial charge < -0.3 is 5.32 Å². The third kappa shape index (κ3) is 1.56. The minimum atomic E-state index is 0.0255. The highest BCUT2D eigenvalue weighted by Crippen LogP contribution is 2.18. The first kappa shape index (κ1) is 8.29. The van der Waals surface area contributed by atoms with E-state index in [2.05, 4.69) is 5.32 Å². The first-order valence-electron chi connectivity index (χ1n) is 4.50. The van der Waals surface area contributed by atoms with Crippen LogP contribution in [-0.4, -0.2) is 16.5 Å². The summed E-state index contributed by atoms with van der Waals surface area (Å²) in [5, 5.41) is 2.96. The summed E-state index contributed by atoms with van der Waals surface area (Å²) in [6, 6.07) is 0.419. The highest BCUT2D eigenvalue weighted by atomic mass is 16.2. The first-order chi connectivity index (χ1) is 6.18. The lowest BCUT2D eigenvalue weighted by atomic mass is 10.5. The van der Waals surface area contributed by atoms with Gasteiger partial charge in [0.2, 0.25) is 0 Å². The molecule has 1 aliphatic rings. The monoisotopic (exact) mass is 180 g/mol. The Bertz CT molecular complexity index is 319. The van der Waals surface area contributed by atoms with E-state index in [1.165, 1.54) is 0 Å². The molecule has 70 valence electrons. The number of hydrogen-bond donors (Lipinski definition) is 1. The van der Waals surface area contributed by atoms with Crippen LogP contribution in [0.3, 0.4) is 0 Å². The summed E-state index contributed by atoms with van der Waals surface area (Å²) in [6.45, 7) is 0. The van der Waals surface area contributed by atoms with Crippen molar-refractivity contribution in [2.45, 2.75) is 18.9 Å². The van der Waals surface area contributed by atoms with Gasteiger partial charge >= 0.3 is 11.7 Å². The molecular formula is C9H14N3O+. The molecule has 13 heavy (non-hydrogen) atoms. The van der Waals surface area contributed by atoms with Crippen LogP contribution in [0, 0.1) is 0 Å². The molecular weight excluding hydrogens is 166 g/mol. The summed E-state index contributed by atoms with van der Waals surface area (Å²) in [5.41, 5.74) is 0. The molecule has 1 aromatic heterocycles. The van der Waals surface area contributed by atoms with Gasteiger partial charge in [-0.2, -0.15) is 0 Å². The predicted octanol–water partition coefficient (Wildman–Crippen LogP) is -0.258. The zero-order valence-electron chi connectivity index (χ0n) is 7.95. The van der Waals surface area contributed by atoms with E-state index in [9.17, 15) is 4.79 Å². The molecule has 0 aliphatic heterocycles. The van der Waals surface area contributed by atoms with Crippen molar-refractivity contribution in [2.24, 2.45) is 14.1 Å². The molecule has 4 heteroatoms. The van der Waals surface area contributed by atoms with E-state index in [1.807, 2.05) is 35.6 Å². The lowest BCUT2D eigenvalue weighted by Gasteiger charge is -1.99. The van der Waals surface area contributed by atoms with Gasteiger partial charge in [-0.3, -0.25) is 4.79 Å². The molecule has 1 fully saturated rings. The van der Waals surface area contributed by atoms with Crippen molar-refractivity contribution in [2.75, 3.05) is 0 Å². The van der Waals surface area contributed by atoms with Crippen LogP contribution in [0.2, 0.25) is 0 Å². The lowest BCUT2D eigenvalue weighted by molar-refractivity contribution is -0.673. The van der Waals surface area contributed by atoms with Crippen LogP contribution in [0.4, 0.5) is 0 Å². The Morgan fingerprint density at radius 1 is 1.69 bits per heavy atom. The van der Waals surface area contributed by atoms with E-state index in [4.69, 9.17) is 0 Å². The topological polar surface area (TPSA) is 37.9 Å². The van der Waals surface area contributed by atoms with Crippen LogP contribution in [-0.2, 0) is 14.1 Å². The molecule has 0 radical (unpaired) electrons. The van der Waals surface area contributed by atoms with Gasteiger partial charge in [-0.15, -0.1) is 0 Å². The second-order valence-corrected chi connectivity index (χ2v) is 3.59. The minimum Gasteiger partial charge on any atom is -0.343 e. The summed E-state index contributed by atoms with van der Waals surface area (Å²) in [5.74, 6) is 0.726. The van der Waals surface area contributed by atoms with Crippen molar-refractivity contribution in [3.8, 4) is 0 Å². The van der Waals surface area contributed by atoms with Gasteiger partial charge in [0, 0.05) is 6.04 Å². The van der Waals surface area contributed by atoms with Crippen LogP contribution in [0.5, 0.6) is 0 Å². The number of nitrogens with one attached hydrogen (secondary N) is 1. The van der Waals surface area contributed by atoms with E-state index in [-0.39, 0.29) is 5.91 Å². The predicted molar refractivity (Wildman–Crippen MR) is 47.1 cm³/mol. The van der Waals surface area contributed by atoms with Crippen molar-refractivity contribution >= 4 is 5.91 Å². The maximum atomic E-state index is 11.6. The number of carbonyl (C=O) groups excluding carboxylic acids is 1. The summed E-state index contributed by atoms with van der Waals surface area (Å²) < 4.78 is 3.66. The zero-order valence-corrected chi connectivity index (χ0v) is 7.95. The quantitative estimate of drug-likeness (QED) is 0.626. The van der Waals surface area contributed by atoms with Crippen LogP contribution in [0.1, 0.15) is 23.5 Å². The van der Waals surface area contributed by atoms with Crippen LogP contribution in [0.15, 0.2) is 12.4 Å². The van der Waals surface area contributed by atoms with Crippen LogP contribution in [0.25, 0.3) is 0 Å². The number of imidazole rings is 1. The van der Waals surface area contributed by atoms with Crippen LogP contribution >= 0.6 is 0 Å². The fraction of sp³-hybridized carbons (Fsp3) is 0.556. The molecule has 0 unspecified atom stereocenters. The van der Waals surface area contributed by atoms with Gasteiger partial charge in [0.25, 0.3) is 0 Å². The molecule has 0 saturated heterocycles. The van der Waals surface area contributed by atoms with Crippen molar-refractivity contribution < 1.29 is 9.36 Å². The molecule has 0 bridgehead atoms. The molecule has 1 N–H and O–H groups in total. The minimum absolute atomic E-state index is 0.0255. The van der Waals surface area contributed by atoms with E-state index in [0.29, 0.717) is 11.9 Å². The summed E-state index contributed by atoms with van der Waals surface area (Å²) >= 11 is 0. The summed E-state index contributed by atoms with van der Waals surface area (Å²) in [4.78, 5) is 11.6. The Labute approximate surface area is 77.2 Å². The Hall–Kier alpha value is -1.32. The number of amides is 1. The van der Waals surface area contributed by atoms with Crippen molar-refractivity contribution in [1.29, 1.82) is 0 Å². The molecule has 4 nitrogen and oxygen atoms in total. The molecule has 0 spiro atoms. The molecule has 1 saturated carbocycles. The van der Waals surface area contributed by atoms with E-state index >= 15 is 0 Å². The van der Waals surface area contributed by atoms with Crippen molar-refractivity contribution in [3.05, 3.63) is 18.2 Å². The molecule has 1 amide bonds. The molecule has 1 heterocycles. The lowest BCUT2D eigenvalue weighted by Crippen LogP contribution is -2.40. The number of rotatable bonds is 2. The smallest absolute Gasteiger partial charge is 0.343 e. The number of hydrogen-bond acceptors (Lipinski definition) is 1. The fourth-order valence-corrected chi connectivity index (χ4v) is 1.39. The number of aromatic nitrogens is 2. The zero-order chi connectivity index (χ0) is 9.42. The SMILES string of the molecule is Cn1cc[n+](C)c1C(=O)NC1CC1. The Morgan fingerprint density at radius 3 is 2.85 bits per heavy atom. The van der Waals surface area contributed by atoms with Crippen molar-refractivity contribution in [1.82, 2.24) is 9.88 Å². The molecule has 0 aromatic carbocycles. The number of carbonyl (C=O) groups is 1. The molecule has 2 rings (SSSR count). The Kier molecular flexibility index (Phi) is 1.83. The Balaban J connectivity index is 2.17. The average Bonchev–Trinajstić information content (AvgIpc) is 2.79. The number of nitrogens with zero attached hydrogens (tertiary/aromatic N) is 2. The second kappa shape index (κ2) is 2.87. The largest absolute Gasteiger partial charge is 0.347 e. The summed E-state index contributed by atoms with van der Waals surface area (Å²) in [7, 11) is 3.75. The molecule has 1 aromatic rings. The second-order valence-electron chi connectivity index (χ2n) is 3.59. The van der Waals surface area contributed by atoms with E-state index in [0.717, 1.165) is 12.8 Å². The molecule has 1 aliphatic carbocycles. The van der Waals surface area contributed by atoms with Crippen molar-refractivity contribution in [3.63, 3.8) is 0 Å². The summed E-state index contributed by atoms with van der Waals surface area (Å²) in [6.07, 6.45) is 6.00. The Morgan fingerprint density at radius 2 is 2.38 bits per heavy atom. The van der Waals surface area contributed by atoms with Gasteiger partial charge in [0.15, 0.2) is 0 Å². The van der Waals surface area contributed by atoms with Crippen LogP contribution < -0.4 is 9.88 Å². The van der Waals surface area contributed by atoms with E-state index in [1.54, 1.807) is 0 Å². The number of aryl methyl sites for hydroxylation is 2. The normalized spacial score (nSPS) is 15.8. The van der Waals surface area contributed by atoms with Gasteiger partial charge in [-0.1, -0.05) is 0 Å². The maximum absolute atomic E-state index is 11.6. The van der Waals surface area contributed by atoms with Gasteiger partial charge in [0.1, 0.15) is 12.4 Å². The van der Waals surface area contributed by atoms with Gasteiger partial charge in [0.05, 0.1) is 14.1 Å². The maximum Gasteiger partial charge on any atom is 0.347 e. The van der Waals surface area contributed by atoms with Gasteiger partial charge in [-0.25, -0.2) is 9.13 Å². The first-order valence-corrected chi connectivity index (χ1v) is 4.50. The highest BCUT2D eigenvalue weighted by Gasteiger charge is 2.28. The average molecular weight is 180 g/mol. The third-order valence-corrected chi connectivity index (χ3v) is 2.30. The van der Waals surface area contributed by atoms with Gasteiger partial charge in [-0.05, 0) is 12.8 Å². The highest BCUT2D eigenvalue weighted by molar-refractivity contribution is 5.89. The van der Waals surface area contributed by atoms with E-state index < -0.39 is 0 Å². The third-order valence-electron chi connectivity index (χ3n) is 2.30. The fourth-order valence-electron chi connectivity index (χ4n) is 1.39. The molecule has 0 atom stereocenters.